The molecule has 21 heavy (non-hydrogen) atoms. The molecule has 0 radical (unpaired) electrons. The van der Waals surface area contributed by atoms with Gasteiger partial charge in [0.15, 0.2) is 0 Å². The van der Waals surface area contributed by atoms with Crippen LogP contribution in [-0.2, 0) is 12.7 Å². The molecule has 1 aromatic heterocycles. The highest BCUT2D eigenvalue weighted by atomic mass is 19.4. The van der Waals surface area contributed by atoms with E-state index in [2.05, 4.69) is 10.3 Å². The molecule has 0 aliphatic carbocycles. The van der Waals surface area contributed by atoms with Crippen molar-refractivity contribution in [3.8, 4) is 5.75 Å². The van der Waals surface area contributed by atoms with Crippen LogP contribution in [0.2, 0.25) is 0 Å². The molecule has 0 spiro atoms. The zero-order valence-corrected chi connectivity index (χ0v) is 11.0. The maximum atomic E-state index is 13.2. The van der Waals surface area contributed by atoms with Crippen LogP contribution < -0.4 is 10.1 Å². The van der Waals surface area contributed by atoms with Crippen molar-refractivity contribution in [2.75, 3.05) is 12.4 Å². The van der Waals surface area contributed by atoms with Crippen LogP contribution in [0.1, 0.15) is 11.1 Å². The lowest BCUT2D eigenvalue weighted by Crippen LogP contribution is -2.12. The van der Waals surface area contributed by atoms with Gasteiger partial charge in [0.2, 0.25) is 0 Å². The number of pyridine rings is 1. The van der Waals surface area contributed by atoms with Gasteiger partial charge >= 0.3 is 6.18 Å². The predicted molar refractivity (Wildman–Crippen MR) is 69.5 cm³/mol. The first-order valence-corrected chi connectivity index (χ1v) is 6.00. The van der Waals surface area contributed by atoms with E-state index in [0.29, 0.717) is 11.3 Å². The van der Waals surface area contributed by atoms with Crippen molar-refractivity contribution in [3.05, 3.63) is 53.5 Å². The van der Waals surface area contributed by atoms with Crippen molar-refractivity contribution in [2.45, 2.75) is 12.7 Å². The third-order valence-electron chi connectivity index (χ3n) is 2.80. The third kappa shape index (κ3) is 3.62. The summed E-state index contributed by atoms with van der Waals surface area (Å²) in [6.07, 6.45) is -3.26. The second kappa shape index (κ2) is 5.99. The van der Waals surface area contributed by atoms with E-state index >= 15 is 0 Å². The molecule has 2 aromatic rings. The molecular weight excluding hydrogens is 288 g/mol. The number of anilines is 1. The average molecular weight is 300 g/mol. The summed E-state index contributed by atoms with van der Waals surface area (Å²) < 4.78 is 56.7. The Labute approximate surface area is 118 Å². The lowest BCUT2D eigenvalue weighted by atomic mass is 10.2. The number of hydrogen-bond donors (Lipinski definition) is 1. The first-order chi connectivity index (χ1) is 9.91. The van der Waals surface area contributed by atoms with Crippen molar-refractivity contribution in [2.24, 2.45) is 0 Å². The molecule has 0 saturated carbocycles. The summed E-state index contributed by atoms with van der Waals surface area (Å²) >= 11 is 0. The Morgan fingerprint density at radius 3 is 2.67 bits per heavy atom. The molecule has 3 nitrogen and oxygen atoms in total. The molecule has 0 aliphatic heterocycles. The quantitative estimate of drug-likeness (QED) is 0.871. The van der Waals surface area contributed by atoms with Gasteiger partial charge < -0.3 is 10.1 Å². The average Bonchev–Trinajstić information content (AvgIpc) is 2.44. The molecular formula is C14H12F4N2O. The van der Waals surface area contributed by atoms with Crippen LogP contribution in [0.15, 0.2) is 36.5 Å². The highest BCUT2D eigenvalue weighted by molar-refractivity contribution is 5.47. The molecule has 2 rings (SSSR count). The van der Waals surface area contributed by atoms with Gasteiger partial charge in [0.1, 0.15) is 17.4 Å². The fourth-order valence-corrected chi connectivity index (χ4v) is 1.84. The Bertz CT molecular complexity index is 629. The van der Waals surface area contributed by atoms with Crippen LogP contribution >= 0.6 is 0 Å². The summed E-state index contributed by atoms with van der Waals surface area (Å²) in [5, 5.41) is 2.56. The monoisotopic (exact) mass is 300 g/mol. The minimum absolute atomic E-state index is 0.0406. The number of benzene rings is 1. The van der Waals surface area contributed by atoms with E-state index in [1.165, 1.54) is 37.6 Å². The Balaban J connectivity index is 2.23. The van der Waals surface area contributed by atoms with Crippen molar-refractivity contribution in [3.63, 3.8) is 0 Å². The fourth-order valence-electron chi connectivity index (χ4n) is 1.84. The predicted octanol–water partition coefficient (Wildman–Crippen LogP) is 3.86. The highest BCUT2D eigenvalue weighted by Crippen LogP contribution is 2.33. The molecule has 0 fully saturated rings. The zero-order chi connectivity index (χ0) is 15.5. The summed E-state index contributed by atoms with van der Waals surface area (Å²) in [5.74, 6) is -0.422. The van der Waals surface area contributed by atoms with Crippen molar-refractivity contribution < 1.29 is 22.3 Å². The van der Waals surface area contributed by atoms with Crippen LogP contribution in [0.3, 0.4) is 0 Å². The van der Waals surface area contributed by atoms with E-state index < -0.39 is 17.6 Å². The smallest absolute Gasteiger partial charge is 0.419 e. The third-order valence-corrected chi connectivity index (χ3v) is 2.80. The normalized spacial score (nSPS) is 11.3. The summed E-state index contributed by atoms with van der Waals surface area (Å²) in [6.45, 7) is -0.0406. The van der Waals surface area contributed by atoms with E-state index in [4.69, 9.17) is 4.74 Å². The number of ether oxygens (including phenoxy) is 1. The van der Waals surface area contributed by atoms with Gasteiger partial charge in [0.25, 0.3) is 0 Å². The van der Waals surface area contributed by atoms with Gasteiger partial charge in [-0.15, -0.1) is 0 Å². The first kappa shape index (κ1) is 15.1. The van der Waals surface area contributed by atoms with Crippen molar-refractivity contribution in [1.29, 1.82) is 0 Å². The van der Waals surface area contributed by atoms with Crippen LogP contribution in [0.25, 0.3) is 0 Å². The molecule has 7 heteroatoms. The molecule has 0 atom stereocenters. The number of halogens is 4. The molecule has 0 saturated heterocycles. The molecule has 112 valence electrons. The topological polar surface area (TPSA) is 34.1 Å². The molecule has 0 unspecified atom stereocenters. The standard InChI is InChI=1S/C14H12F4N2O/c1-21-12-5-4-10(15)7-9(12)8-20-13-11(14(16,17)18)3-2-6-19-13/h2-7H,8H2,1H3,(H,19,20). The minimum atomic E-state index is -4.51. The summed E-state index contributed by atoms with van der Waals surface area (Å²) in [7, 11) is 1.40. The SMILES string of the molecule is COc1ccc(F)cc1CNc1ncccc1C(F)(F)F. The lowest BCUT2D eigenvalue weighted by Gasteiger charge is -2.14. The zero-order valence-electron chi connectivity index (χ0n) is 11.0. The Morgan fingerprint density at radius 2 is 2.00 bits per heavy atom. The maximum Gasteiger partial charge on any atom is 0.419 e. The molecule has 1 aromatic carbocycles. The number of aromatic nitrogens is 1. The Hall–Kier alpha value is -2.31. The number of rotatable bonds is 4. The molecule has 0 bridgehead atoms. The van der Waals surface area contributed by atoms with E-state index in [0.717, 1.165) is 6.07 Å². The maximum absolute atomic E-state index is 13.2. The van der Waals surface area contributed by atoms with Crippen LogP contribution in [0.4, 0.5) is 23.4 Å². The lowest BCUT2D eigenvalue weighted by molar-refractivity contribution is -0.137. The van der Waals surface area contributed by atoms with Gasteiger partial charge in [-0.3, -0.25) is 0 Å². The molecule has 1 heterocycles. The Kier molecular flexibility index (Phi) is 4.30. The van der Waals surface area contributed by atoms with Crippen molar-refractivity contribution in [1.82, 2.24) is 4.98 Å². The van der Waals surface area contributed by atoms with Gasteiger partial charge in [0.05, 0.1) is 12.7 Å². The first-order valence-electron chi connectivity index (χ1n) is 6.00. The van der Waals surface area contributed by atoms with E-state index in [9.17, 15) is 17.6 Å². The van der Waals surface area contributed by atoms with Gasteiger partial charge in [-0.25, -0.2) is 9.37 Å². The van der Waals surface area contributed by atoms with Gasteiger partial charge in [-0.1, -0.05) is 0 Å². The summed E-state index contributed by atoms with van der Waals surface area (Å²) in [4.78, 5) is 3.67. The highest BCUT2D eigenvalue weighted by Gasteiger charge is 2.34. The van der Waals surface area contributed by atoms with Gasteiger partial charge in [-0.2, -0.15) is 13.2 Å². The van der Waals surface area contributed by atoms with E-state index in [1.54, 1.807) is 0 Å². The van der Waals surface area contributed by atoms with Crippen LogP contribution in [0, 0.1) is 5.82 Å². The second-order valence-electron chi connectivity index (χ2n) is 4.21. The molecule has 0 amide bonds. The second-order valence-corrected chi connectivity index (χ2v) is 4.21. The number of hydrogen-bond acceptors (Lipinski definition) is 3. The summed E-state index contributed by atoms with van der Waals surface area (Å²) in [6, 6.07) is 5.95. The number of nitrogens with one attached hydrogen (secondary N) is 1. The number of nitrogens with zero attached hydrogens (tertiary/aromatic N) is 1. The van der Waals surface area contributed by atoms with E-state index in [1.807, 2.05) is 0 Å². The van der Waals surface area contributed by atoms with Gasteiger partial charge in [-0.05, 0) is 30.3 Å². The van der Waals surface area contributed by atoms with Gasteiger partial charge in [0, 0.05) is 18.3 Å². The minimum Gasteiger partial charge on any atom is -0.496 e. The molecule has 1 N–H and O–H groups in total. The van der Waals surface area contributed by atoms with E-state index in [-0.39, 0.29) is 12.4 Å². The van der Waals surface area contributed by atoms with Crippen LogP contribution in [-0.4, -0.2) is 12.1 Å². The number of methoxy groups -OCH3 is 1. The summed E-state index contributed by atoms with van der Waals surface area (Å²) in [5.41, 5.74) is -0.475. The molecule has 0 aliphatic rings. The van der Waals surface area contributed by atoms with Crippen LogP contribution in [0.5, 0.6) is 5.75 Å². The van der Waals surface area contributed by atoms with Crippen molar-refractivity contribution >= 4 is 5.82 Å². The number of alkyl halides is 3. The fraction of sp³-hybridized carbons (Fsp3) is 0.214. The largest absolute Gasteiger partial charge is 0.496 e. The Morgan fingerprint density at radius 1 is 1.24 bits per heavy atom.